The van der Waals surface area contributed by atoms with Crippen LogP contribution in [0.25, 0.3) is 10.9 Å². The van der Waals surface area contributed by atoms with E-state index in [9.17, 15) is 0 Å². The lowest BCUT2D eigenvalue weighted by molar-refractivity contribution is 0.259. The minimum atomic E-state index is 0.658. The molecule has 1 heterocycles. The first-order valence-corrected chi connectivity index (χ1v) is 10.0. The maximum Gasteiger partial charge on any atom is 0.191 e. The van der Waals surface area contributed by atoms with Crippen LogP contribution in [0.5, 0.6) is 5.75 Å². The predicted octanol–water partition coefficient (Wildman–Crippen LogP) is 3.02. The minimum Gasteiger partial charge on any atom is -0.492 e. The molecule has 6 heteroatoms. The highest BCUT2D eigenvalue weighted by atomic mass is 16.5. The molecule has 0 spiro atoms. The third kappa shape index (κ3) is 5.99. The number of aromatic amines is 1. The second kappa shape index (κ2) is 10.5. The molecule has 2 aromatic carbocycles. The number of nitrogens with zero attached hydrogens (tertiary/aromatic N) is 2. The van der Waals surface area contributed by atoms with Crippen LogP contribution in [0.2, 0.25) is 0 Å². The number of rotatable bonds is 9. The van der Waals surface area contributed by atoms with Crippen LogP contribution in [-0.2, 0) is 13.0 Å². The molecule has 0 atom stereocenters. The molecular formula is C23H31N5O. The van der Waals surface area contributed by atoms with Crippen molar-refractivity contribution in [3.05, 3.63) is 65.9 Å². The highest BCUT2D eigenvalue weighted by molar-refractivity contribution is 5.83. The Kier molecular flexibility index (Phi) is 7.53. The molecule has 0 radical (unpaired) electrons. The molecule has 3 N–H and O–H groups in total. The standard InChI is InChI=1S/C23H31N5O/c1-24-23(25-13-12-18-16-26-21-10-6-5-9-20(18)21)27-17-19-8-4-7-11-22(19)29-15-14-28(2)3/h4-11,16,26H,12-15,17H2,1-3H3,(H2,24,25,27). The SMILES string of the molecule is CN=C(NCCc1c[nH]c2ccccc12)NCc1ccccc1OCCN(C)C. The second-order valence-corrected chi connectivity index (χ2v) is 7.22. The fraction of sp³-hybridized carbons (Fsp3) is 0.348. The molecule has 3 aromatic rings. The molecule has 0 saturated heterocycles. The topological polar surface area (TPSA) is 64.7 Å². The number of fused-ring (bicyclic) bond motifs is 1. The highest BCUT2D eigenvalue weighted by Gasteiger charge is 2.06. The summed E-state index contributed by atoms with van der Waals surface area (Å²) in [5, 5.41) is 8.06. The van der Waals surface area contributed by atoms with Crippen LogP contribution in [0.3, 0.4) is 0 Å². The van der Waals surface area contributed by atoms with Crippen LogP contribution in [0.4, 0.5) is 0 Å². The second-order valence-electron chi connectivity index (χ2n) is 7.22. The Hall–Kier alpha value is -2.99. The van der Waals surface area contributed by atoms with Gasteiger partial charge in [0, 0.05) is 49.3 Å². The number of guanidine groups is 1. The van der Waals surface area contributed by atoms with Crippen molar-refractivity contribution in [3.8, 4) is 5.75 Å². The molecule has 0 amide bonds. The van der Waals surface area contributed by atoms with E-state index in [1.807, 2.05) is 32.3 Å². The van der Waals surface area contributed by atoms with Gasteiger partial charge in [-0.2, -0.15) is 0 Å². The van der Waals surface area contributed by atoms with Crippen LogP contribution in [-0.4, -0.2) is 56.7 Å². The molecular weight excluding hydrogens is 362 g/mol. The molecule has 6 nitrogen and oxygen atoms in total. The molecule has 0 aliphatic rings. The quantitative estimate of drug-likeness (QED) is 0.386. The average Bonchev–Trinajstić information content (AvgIpc) is 3.14. The lowest BCUT2D eigenvalue weighted by Crippen LogP contribution is -2.37. The molecule has 0 saturated carbocycles. The van der Waals surface area contributed by atoms with Gasteiger partial charge < -0.3 is 25.3 Å². The zero-order valence-electron chi connectivity index (χ0n) is 17.5. The van der Waals surface area contributed by atoms with Crippen molar-refractivity contribution in [2.24, 2.45) is 4.99 Å². The molecule has 29 heavy (non-hydrogen) atoms. The van der Waals surface area contributed by atoms with Crippen molar-refractivity contribution in [2.75, 3.05) is 40.8 Å². The van der Waals surface area contributed by atoms with E-state index in [4.69, 9.17) is 4.74 Å². The van der Waals surface area contributed by atoms with Gasteiger partial charge in [0.05, 0.1) is 0 Å². The molecule has 0 unspecified atom stereocenters. The van der Waals surface area contributed by atoms with Gasteiger partial charge in [0.25, 0.3) is 0 Å². The van der Waals surface area contributed by atoms with E-state index in [1.165, 1.54) is 16.5 Å². The Morgan fingerprint density at radius 2 is 1.83 bits per heavy atom. The van der Waals surface area contributed by atoms with Gasteiger partial charge in [0.2, 0.25) is 0 Å². The summed E-state index contributed by atoms with van der Waals surface area (Å²) in [6, 6.07) is 16.5. The summed E-state index contributed by atoms with van der Waals surface area (Å²) in [6.45, 7) is 3.02. The predicted molar refractivity (Wildman–Crippen MR) is 121 cm³/mol. The first kappa shape index (κ1) is 20.7. The average molecular weight is 394 g/mol. The number of para-hydroxylation sites is 2. The summed E-state index contributed by atoms with van der Waals surface area (Å²) in [5.41, 5.74) is 3.60. The third-order valence-corrected chi connectivity index (χ3v) is 4.80. The van der Waals surface area contributed by atoms with Crippen molar-refractivity contribution < 1.29 is 4.74 Å². The van der Waals surface area contributed by atoms with E-state index < -0.39 is 0 Å². The van der Waals surface area contributed by atoms with E-state index in [1.54, 1.807) is 7.05 Å². The number of likely N-dealkylation sites (N-methyl/N-ethyl adjacent to an activating group) is 1. The van der Waals surface area contributed by atoms with E-state index in [2.05, 4.69) is 62.0 Å². The maximum absolute atomic E-state index is 5.94. The lowest BCUT2D eigenvalue weighted by Gasteiger charge is -2.16. The number of aromatic nitrogens is 1. The minimum absolute atomic E-state index is 0.658. The fourth-order valence-corrected chi connectivity index (χ4v) is 3.18. The first-order valence-electron chi connectivity index (χ1n) is 10.0. The van der Waals surface area contributed by atoms with Gasteiger partial charge in [0.15, 0.2) is 5.96 Å². The summed E-state index contributed by atoms with van der Waals surface area (Å²) in [7, 11) is 5.88. The molecule has 3 rings (SSSR count). The number of ether oxygens (including phenoxy) is 1. The zero-order valence-corrected chi connectivity index (χ0v) is 17.5. The van der Waals surface area contributed by atoms with Crippen molar-refractivity contribution in [2.45, 2.75) is 13.0 Å². The number of hydrogen-bond acceptors (Lipinski definition) is 3. The largest absolute Gasteiger partial charge is 0.492 e. The number of nitrogens with one attached hydrogen (secondary N) is 3. The summed E-state index contributed by atoms with van der Waals surface area (Å²) in [4.78, 5) is 9.78. The van der Waals surface area contributed by atoms with Crippen molar-refractivity contribution in [1.29, 1.82) is 0 Å². The third-order valence-electron chi connectivity index (χ3n) is 4.80. The first-order chi connectivity index (χ1) is 14.2. The van der Waals surface area contributed by atoms with Crippen LogP contribution in [0.1, 0.15) is 11.1 Å². The Bertz CT molecular complexity index is 932. The summed E-state index contributed by atoms with van der Waals surface area (Å²) < 4.78 is 5.94. The zero-order chi connectivity index (χ0) is 20.5. The Balaban J connectivity index is 1.49. The maximum atomic E-state index is 5.94. The number of hydrogen-bond donors (Lipinski definition) is 3. The normalized spacial score (nSPS) is 11.8. The van der Waals surface area contributed by atoms with E-state index in [0.29, 0.717) is 13.2 Å². The van der Waals surface area contributed by atoms with Gasteiger partial charge in [-0.15, -0.1) is 0 Å². The Labute approximate surface area is 173 Å². The van der Waals surface area contributed by atoms with Gasteiger partial charge in [-0.3, -0.25) is 4.99 Å². The summed E-state index contributed by atoms with van der Waals surface area (Å²) >= 11 is 0. The number of H-pyrrole nitrogens is 1. The smallest absolute Gasteiger partial charge is 0.191 e. The van der Waals surface area contributed by atoms with Gasteiger partial charge in [0.1, 0.15) is 12.4 Å². The van der Waals surface area contributed by atoms with Crippen molar-refractivity contribution in [1.82, 2.24) is 20.5 Å². The Morgan fingerprint density at radius 1 is 1.03 bits per heavy atom. The van der Waals surface area contributed by atoms with Crippen LogP contribution in [0, 0.1) is 0 Å². The molecule has 0 fully saturated rings. The summed E-state index contributed by atoms with van der Waals surface area (Å²) in [5.74, 6) is 1.70. The van der Waals surface area contributed by atoms with Crippen LogP contribution < -0.4 is 15.4 Å². The van der Waals surface area contributed by atoms with Crippen LogP contribution >= 0.6 is 0 Å². The monoisotopic (exact) mass is 393 g/mol. The van der Waals surface area contributed by atoms with E-state index in [-0.39, 0.29) is 0 Å². The lowest BCUT2D eigenvalue weighted by atomic mass is 10.1. The van der Waals surface area contributed by atoms with Crippen LogP contribution in [0.15, 0.2) is 59.7 Å². The molecule has 0 bridgehead atoms. The fourth-order valence-electron chi connectivity index (χ4n) is 3.18. The number of aliphatic imine (C=N–C) groups is 1. The van der Waals surface area contributed by atoms with Gasteiger partial charge in [-0.05, 0) is 38.2 Å². The molecule has 154 valence electrons. The van der Waals surface area contributed by atoms with Gasteiger partial charge in [-0.1, -0.05) is 36.4 Å². The molecule has 1 aromatic heterocycles. The van der Waals surface area contributed by atoms with Crippen molar-refractivity contribution in [3.63, 3.8) is 0 Å². The van der Waals surface area contributed by atoms with E-state index >= 15 is 0 Å². The van der Waals surface area contributed by atoms with E-state index in [0.717, 1.165) is 36.8 Å². The Morgan fingerprint density at radius 3 is 2.66 bits per heavy atom. The van der Waals surface area contributed by atoms with Gasteiger partial charge in [-0.25, -0.2) is 0 Å². The molecule has 0 aliphatic carbocycles. The van der Waals surface area contributed by atoms with Crippen molar-refractivity contribution >= 4 is 16.9 Å². The summed E-state index contributed by atoms with van der Waals surface area (Å²) in [6.07, 6.45) is 3.01. The molecule has 0 aliphatic heterocycles. The highest BCUT2D eigenvalue weighted by Crippen LogP contribution is 2.18. The number of benzene rings is 2. The van der Waals surface area contributed by atoms with Gasteiger partial charge >= 0.3 is 0 Å².